The summed E-state index contributed by atoms with van der Waals surface area (Å²) < 4.78 is 0. The molecule has 4 rings (SSSR count). The summed E-state index contributed by atoms with van der Waals surface area (Å²) in [7, 11) is 0. The second-order valence-electron chi connectivity index (χ2n) is 5.51. The summed E-state index contributed by atoms with van der Waals surface area (Å²) >= 11 is 6.39. The Bertz CT molecular complexity index is 283. The molecule has 3 fully saturated rings. The molecule has 4 aliphatic rings. The molecular weight excluding hydrogens is 180 g/mol. The van der Waals surface area contributed by atoms with Crippen molar-refractivity contribution in [3.8, 4) is 0 Å². The maximum absolute atomic E-state index is 6.39. The van der Waals surface area contributed by atoms with E-state index < -0.39 is 0 Å². The molecule has 0 heterocycles. The van der Waals surface area contributed by atoms with Crippen molar-refractivity contribution < 1.29 is 0 Å². The van der Waals surface area contributed by atoms with Gasteiger partial charge in [0.15, 0.2) is 0 Å². The van der Waals surface area contributed by atoms with Gasteiger partial charge in [0, 0.05) is 5.38 Å². The van der Waals surface area contributed by atoms with Crippen LogP contribution in [0.3, 0.4) is 0 Å². The van der Waals surface area contributed by atoms with E-state index in [4.69, 9.17) is 11.6 Å². The predicted octanol–water partition coefficient (Wildman–Crippen LogP) is 3.07. The van der Waals surface area contributed by atoms with E-state index in [9.17, 15) is 0 Å². The van der Waals surface area contributed by atoms with Crippen LogP contribution in [0.1, 0.15) is 19.3 Å². The lowest BCUT2D eigenvalue weighted by Gasteiger charge is -2.34. The van der Waals surface area contributed by atoms with Crippen molar-refractivity contribution in [1.29, 1.82) is 0 Å². The zero-order chi connectivity index (χ0) is 8.58. The number of fused-ring (bicyclic) bond motifs is 9. The molecule has 4 aliphatic carbocycles. The summed E-state index contributed by atoms with van der Waals surface area (Å²) in [4.78, 5) is 0. The van der Waals surface area contributed by atoms with E-state index in [0.717, 1.165) is 35.5 Å². The normalized spacial score (nSPS) is 66.4. The SMILES string of the molecule is ClC1CC2CC1C1C3C=CC(C3)C21. The summed E-state index contributed by atoms with van der Waals surface area (Å²) in [6, 6.07) is 0. The molecule has 13 heavy (non-hydrogen) atoms. The minimum Gasteiger partial charge on any atom is -0.123 e. The van der Waals surface area contributed by atoms with Crippen molar-refractivity contribution in [2.75, 3.05) is 0 Å². The number of allylic oxidation sites excluding steroid dienone is 2. The van der Waals surface area contributed by atoms with Crippen LogP contribution in [-0.4, -0.2) is 5.38 Å². The maximum atomic E-state index is 6.39. The van der Waals surface area contributed by atoms with Crippen LogP contribution in [0.4, 0.5) is 0 Å². The van der Waals surface area contributed by atoms with Crippen LogP contribution >= 0.6 is 11.6 Å². The quantitative estimate of drug-likeness (QED) is 0.316. The first-order valence-electron chi connectivity index (χ1n) is 5.67. The lowest BCUT2D eigenvalue weighted by atomic mass is 9.73. The minimum absolute atomic E-state index is 0.527. The monoisotopic (exact) mass is 194 g/mol. The highest BCUT2D eigenvalue weighted by Crippen LogP contribution is 2.66. The average molecular weight is 195 g/mol. The average Bonchev–Trinajstić information content (AvgIpc) is 2.78. The van der Waals surface area contributed by atoms with Gasteiger partial charge in [0.2, 0.25) is 0 Å². The fourth-order valence-corrected chi connectivity index (χ4v) is 5.44. The van der Waals surface area contributed by atoms with E-state index in [1.54, 1.807) is 0 Å². The van der Waals surface area contributed by atoms with Crippen LogP contribution in [0, 0.1) is 35.5 Å². The number of hydrogen-bond acceptors (Lipinski definition) is 0. The molecule has 0 nitrogen and oxygen atoms in total. The van der Waals surface area contributed by atoms with Gasteiger partial charge < -0.3 is 0 Å². The van der Waals surface area contributed by atoms with Gasteiger partial charge in [0.1, 0.15) is 0 Å². The lowest BCUT2D eigenvalue weighted by molar-refractivity contribution is 0.209. The largest absolute Gasteiger partial charge is 0.123 e. The fourth-order valence-electron chi connectivity index (χ4n) is 4.94. The Morgan fingerprint density at radius 2 is 1.69 bits per heavy atom. The van der Waals surface area contributed by atoms with Crippen LogP contribution < -0.4 is 0 Å². The molecule has 3 saturated carbocycles. The zero-order valence-electron chi connectivity index (χ0n) is 7.70. The highest BCUT2D eigenvalue weighted by atomic mass is 35.5. The fraction of sp³-hybridized carbons (Fsp3) is 0.833. The van der Waals surface area contributed by atoms with Crippen LogP contribution in [0.15, 0.2) is 12.2 Å². The summed E-state index contributed by atoms with van der Waals surface area (Å²) in [6.45, 7) is 0. The molecule has 0 spiro atoms. The van der Waals surface area contributed by atoms with Gasteiger partial charge in [-0.25, -0.2) is 0 Å². The molecule has 0 N–H and O–H groups in total. The van der Waals surface area contributed by atoms with E-state index in [0.29, 0.717) is 5.38 Å². The first-order chi connectivity index (χ1) is 6.34. The summed E-state index contributed by atoms with van der Waals surface area (Å²) in [6.07, 6.45) is 9.22. The van der Waals surface area contributed by atoms with Crippen LogP contribution in [-0.2, 0) is 0 Å². The Morgan fingerprint density at radius 3 is 2.54 bits per heavy atom. The highest BCUT2D eigenvalue weighted by Gasteiger charge is 2.60. The van der Waals surface area contributed by atoms with Gasteiger partial charge in [-0.3, -0.25) is 0 Å². The van der Waals surface area contributed by atoms with E-state index >= 15 is 0 Å². The predicted molar refractivity (Wildman–Crippen MR) is 53.6 cm³/mol. The van der Waals surface area contributed by atoms with Crippen molar-refractivity contribution in [2.45, 2.75) is 24.6 Å². The van der Waals surface area contributed by atoms with Crippen LogP contribution in [0.5, 0.6) is 0 Å². The third-order valence-electron chi connectivity index (χ3n) is 5.19. The number of halogens is 1. The van der Waals surface area contributed by atoms with Crippen molar-refractivity contribution in [3.05, 3.63) is 12.2 Å². The number of hydrogen-bond donors (Lipinski definition) is 0. The lowest BCUT2D eigenvalue weighted by Crippen LogP contribution is -2.31. The summed E-state index contributed by atoms with van der Waals surface area (Å²) in [5.74, 6) is 5.81. The Kier molecular flexibility index (Phi) is 1.22. The highest BCUT2D eigenvalue weighted by molar-refractivity contribution is 6.21. The molecule has 70 valence electrons. The van der Waals surface area contributed by atoms with Gasteiger partial charge in [-0.15, -0.1) is 11.6 Å². The van der Waals surface area contributed by atoms with Gasteiger partial charge in [0.25, 0.3) is 0 Å². The van der Waals surface area contributed by atoms with Gasteiger partial charge in [-0.2, -0.15) is 0 Å². The maximum Gasteiger partial charge on any atom is 0.0370 e. The van der Waals surface area contributed by atoms with Gasteiger partial charge >= 0.3 is 0 Å². The standard InChI is InChI=1S/C12H15Cl/c13-10-5-8-4-9(10)12-7-2-1-6(3-7)11(8)12/h1-2,6-12H,3-5H2. The summed E-state index contributed by atoms with van der Waals surface area (Å²) in [5, 5.41) is 0.527. The van der Waals surface area contributed by atoms with E-state index in [1.807, 2.05) is 0 Å². The topological polar surface area (TPSA) is 0 Å². The Balaban J connectivity index is 1.79. The zero-order valence-corrected chi connectivity index (χ0v) is 8.45. The minimum atomic E-state index is 0.527. The molecule has 0 aromatic heterocycles. The van der Waals surface area contributed by atoms with E-state index in [2.05, 4.69) is 12.2 Å². The Hall–Kier alpha value is 0.0300. The first kappa shape index (κ1) is 7.34. The second-order valence-corrected chi connectivity index (χ2v) is 6.07. The van der Waals surface area contributed by atoms with Crippen molar-refractivity contribution in [1.82, 2.24) is 0 Å². The molecule has 0 aromatic rings. The van der Waals surface area contributed by atoms with Gasteiger partial charge in [0.05, 0.1) is 0 Å². The van der Waals surface area contributed by atoms with E-state index in [1.165, 1.54) is 19.3 Å². The van der Waals surface area contributed by atoms with Gasteiger partial charge in [-0.05, 0) is 54.8 Å². The molecule has 0 aliphatic heterocycles. The molecule has 0 radical (unpaired) electrons. The third kappa shape index (κ3) is 0.719. The second kappa shape index (κ2) is 2.16. The number of alkyl halides is 1. The molecular formula is C12H15Cl. The van der Waals surface area contributed by atoms with E-state index in [-0.39, 0.29) is 0 Å². The van der Waals surface area contributed by atoms with Crippen molar-refractivity contribution in [2.24, 2.45) is 35.5 Å². The molecule has 4 bridgehead atoms. The third-order valence-corrected chi connectivity index (χ3v) is 5.69. The van der Waals surface area contributed by atoms with Crippen LogP contribution in [0.25, 0.3) is 0 Å². The Labute approximate surface area is 84.3 Å². The smallest absolute Gasteiger partial charge is 0.0370 e. The first-order valence-corrected chi connectivity index (χ1v) is 6.10. The molecule has 1 heteroatoms. The van der Waals surface area contributed by atoms with Crippen molar-refractivity contribution in [3.63, 3.8) is 0 Å². The Morgan fingerprint density at radius 1 is 0.923 bits per heavy atom. The van der Waals surface area contributed by atoms with Gasteiger partial charge in [-0.1, -0.05) is 12.2 Å². The molecule has 0 aromatic carbocycles. The van der Waals surface area contributed by atoms with Crippen molar-refractivity contribution >= 4 is 11.6 Å². The van der Waals surface area contributed by atoms with Crippen LogP contribution in [0.2, 0.25) is 0 Å². The molecule has 7 atom stereocenters. The molecule has 0 saturated heterocycles. The summed E-state index contributed by atoms with van der Waals surface area (Å²) in [5.41, 5.74) is 0. The molecule has 7 unspecified atom stereocenters. The molecule has 0 amide bonds. The number of rotatable bonds is 0.